The van der Waals surface area contributed by atoms with Gasteiger partial charge in [-0.3, -0.25) is 9.48 Å². The van der Waals surface area contributed by atoms with E-state index in [1.807, 2.05) is 21.0 Å². The highest BCUT2D eigenvalue weighted by Crippen LogP contribution is 2.21. The molecule has 6 heteroatoms. The van der Waals surface area contributed by atoms with Gasteiger partial charge in [-0.15, -0.1) is 0 Å². The van der Waals surface area contributed by atoms with Crippen LogP contribution >= 0.6 is 11.6 Å². The molecule has 0 aliphatic rings. The van der Waals surface area contributed by atoms with E-state index in [9.17, 15) is 4.79 Å². The number of hydrogen-bond donors (Lipinski definition) is 1. The zero-order valence-corrected chi connectivity index (χ0v) is 11.9. The Balaban J connectivity index is 2.56. The van der Waals surface area contributed by atoms with Crippen molar-refractivity contribution in [1.29, 1.82) is 0 Å². The first-order valence-electron chi connectivity index (χ1n) is 6.06. The van der Waals surface area contributed by atoms with Gasteiger partial charge in [0.15, 0.2) is 0 Å². The van der Waals surface area contributed by atoms with Crippen molar-refractivity contribution < 1.29 is 9.90 Å². The van der Waals surface area contributed by atoms with Crippen molar-refractivity contribution in [2.24, 2.45) is 7.05 Å². The first kappa shape index (κ1) is 15.0. The first-order chi connectivity index (χ1) is 8.45. The molecule has 0 saturated heterocycles. The number of nitrogens with zero attached hydrogens (tertiary/aromatic N) is 3. The second-order valence-corrected chi connectivity index (χ2v) is 4.80. The summed E-state index contributed by atoms with van der Waals surface area (Å²) in [6, 6.07) is 0. The molecule has 0 fully saturated rings. The Morgan fingerprint density at radius 1 is 1.56 bits per heavy atom. The van der Waals surface area contributed by atoms with Crippen molar-refractivity contribution in [3.8, 4) is 0 Å². The number of carboxylic acid groups (broad SMARTS) is 1. The van der Waals surface area contributed by atoms with Crippen LogP contribution in [-0.4, -0.2) is 39.3 Å². The van der Waals surface area contributed by atoms with Gasteiger partial charge in [0.2, 0.25) is 0 Å². The lowest BCUT2D eigenvalue weighted by Gasteiger charge is -2.16. The number of rotatable bonds is 7. The predicted molar refractivity (Wildman–Crippen MR) is 70.8 cm³/mol. The number of carbonyl (C=O) groups is 1. The Kier molecular flexibility index (Phi) is 5.62. The van der Waals surface area contributed by atoms with E-state index in [2.05, 4.69) is 10.00 Å². The van der Waals surface area contributed by atoms with Crippen molar-refractivity contribution in [1.82, 2.24) is 14.7 Å². The van der Waals surface area contributed by atoms with Crippen LogP contribution in [0.4, 0.5) is 0 Å². The van der Waals surface area contributed by atoms with Crippen molar-refractivity contribution in [2.75, 3.05) is 13.6 Å². The molecule has 0 spiro atoms. The molecule has 5 nitrogen and oxygen atoms in total. The third-order valence-electron chi connectivity index (χ3n) is 2.85. The molecule has 0 aliphatic heterocycles. The van der Waals surface area contributed by atoms with Gasteiger partial charge in [-0.1, -0.05) is 18.5 Å². The van der Waals surface area contributed by atoms with E-state index in [4.69, 9.17) is 16.7 Å². The smallest absolute Gasteiger partial charge is 0.303 e. The molecule has 0 aromatic carbocycles. The molecule has 1 aromatic rings. The zero-order valence-electron chi connectivity index (χ0n) is 11.1. The van der Waals surface area contributed by atoms with Gasteiger partial charge in [0, 0.05) is 20.0 Å². The van der Waals surface area contributed by atoms with Crippen LogP contribution in [0.25, 0.3) is 0 Å². The molecule has 0 atom stereocenters. The summed E-state index contributed by atoms with van der Waals surface area (Å²) in [7, 11) is 3.84. The zero-order chi connectivity index (χ0) is 13.7. The van der Waals surface area contributed by atoms with Crippen LogP contribution in [0.5, 0.6) is 0 Å². The van der Waals surface area contributed by atoms with Crippen LogP contribution in [0.1, 0.15) is 31.2 Å². The lowest BCUT2D eigenvalue weighted by molar-refractivity contribution is -0.137. The fraction of sp³-hybridized carbons (Fsp3) is 0.667. The minimum absolute atomic E-state index is 0.198. The monoisotopic (exact) mass is 273 g/mol. The molecule has 0 aliphatic carbocycles. The number of carboxylic acids is 1. The highest BCUT2D eigenvalue weighted by atomic mass is 35.5. The number of halogens is 1. The third kappa shape index (κ3) is 3.99. The molecule has 0 radical (unpaired) electrons. The lowest BCUT2D eigenvalue weighted by Crippen LogP contribution is -2.21. The summed E-state index contributed by atoms with van der Waals surface area (Å²) in [5.74, 6) is -0.754. The summed E-state index contributed by atoms with van der Waals surface area (Å²) in [6.07, 6.45) is 1.65. The minimum Gasteiger partial charge on any atom is -0.481 e. The second-order valence-electron chi connectivity index (χ2n) is 4.42. The molecule has 1 rings (SSSR count). The minimum atomic E-state index is -0.754. The fourth-order valence-electron chi connectivity index (χ4n) is 1.83. The second kappa shape index (κ2) is 6.75. The van der Waals surface area contributed by atoms with Gasteiger partial charge < -0.3 is 10.0 Å². The summed E-state index contributed by atoms with van der Waals surface area (Å²) in [4.78, 5) is 12.5. The van der Waals surface area contributed by atoms with E-state index in [0.29, 0.717) is 13.0 Å². The largest absolute Gasteiger partial charge is 0.481 e. The van der Waals surface area contributed by atoms with Gasteiger partial charge in [0.25, 0.3) is 0 Å². The van der Waals surface area contributed by atoms with E-state index >= 15 is 0 Å². The first-order valence-corrected chi connectivity index (χ1v) is 6.44. The molecule has 1 N–H and O–H groups in total. The van der Waals surface area contributed by atoms with Gasteiger partial charge in [-0.25, -0.2) is 0 Å². The van der Waals surface area contributed by atoms with Crippen molar-refractivity contribution in [2.45, 2.75) is 32.7 Å². The molecule has 1 aromatic heterocycles. The van der Waals surface area contributed by atoms with E-state index in [-0.39, 0.29) is 6.42 Å². The van der Waals surface area contributed by atoms with Gasteiger partial charge in [-0.05, 0) is 26.4 Å². The SMILES string of the molecule is CCc1nn(C)c(CN(C)CCCC(=O)O)c1Cl. The predicted octanol–water partition coefficient (Wildman–Crippen LogP) is 1.93. The van der Waals surface area contributed by atoms with Gasteiger partial charge in [0.1, 0.15) is 0 Å². The summed E-state index contributed by atoms with van der Waals surface area (Å²) in [6.45, 7) is 3.44. The maximum atomic E-state index is 10.4. The van der Waals surface area contributed by atoms with Crippen molar-refractivity contribution in [3.05, 3.63) is 16.4 Å². The van der Waals surface area contributed by atoms with E-state index in [1.165, 1.54) is 0 Å². The molecule has 1 heterocycles. The van der Waals surface area contributed by atoms with Crippen molar-refractivity contribution in [3.63, 3.8) is 0 Å². The normalized spacial score (nSPS) is 11.2. The van der Waals surface area contributed by atoms with Crippen molar-refractivity contribution >= 4 is 17.6 Å². The quantitative estimate of drug-likeness (QED) is 0.825. The number of aromatic nitrogens is 2. The molecule has 0 unspecified atom stereocenters. The highest BCUT2D eigenvalue weighted by molar-refractivity contribution is 6.31. The summed E-state index contributed by atoms with van der Waals surface area (Å²) in [5.41, 5.74) is 1.89. The lowest BCUT2D eigenvalue weighted by atomic mass is 10.2. The van der Waals surface area contributed by atoms with Crippen LogP contribution in [0.2, 0.25) is 5.02 Å². The average Bonchev–Trinajstić information content (AvgIpc) is 2.56. The van der Waals surface area contributed by atoms with Crippen LogP contribution < -0.4 is 0 Å². The summed E-state index contributed by atoms with van der Waals surface area (Å²) >= 11 is 6.25. The Morgan fingerprint density at radius 2 is 2.22 bits per heavy atom. The van der Waals surface area contributed by atoms with E-state index in [1.54, 1.807) is 4.68 Å². The molecule has 18 heavy (non-hydrogen) atoms. The maximum absolute atomic E-state index is 10.4. The van der Waals surface area contributed by atoms with Gasteiger partial charge in [-0.2, -0.15) is 5.10 Å². The summed E-state index contributed by atoms with van der Waals surface area (Å²) < 4.78 is 1.80. The van der Waals surface area contributed by atoms with Gasteiger partial charge >= 0.3 is 5.97 Å². The highest BCUT2D eigenvalue weighted by Gasteiger charge is 2.14. The van der Waals surface area contributed by atoms with Crippen LogP contribution in [0, 0.1) is 0 Å². The number of aliphatic carboxylic acids is 1. The Hall–Kier alpha value is -1.07. The fourth-order valence-corrected chi connectivity index (χ4v) is 2.18. The maximum Gasteiger partial charge on any atom is 0.303 e. The molecule has 0 bridgehead atoms. The third-order valence-corrected chi connectivity index (χ3v) is 3.29. The van der Waals surface area contributed by atoms with Crippen LogP contribution in [-0.2, 0) is 24.8 Å². The molecule has 0 amide bonds. The van der Waals surface area contributed by atoms with Crippen LogP contribution in [0.3, 0.4) is 0 Å². The number of hydrogen-bond acceptors (Lipinski definition) is 3. The summed E-state index contributed by atoms with van der Waals surface area (Å²) in [5, 5.41) is 13.7. The Bertz CT molecular complexity index is 418. The van der Waals surface area contributed by atoms with E-state index < -0.39 is 5.97 Å². The molecule has 102 valence electrons. The standard InChI is InChI=1S/C12H20ClN3O2/c1-4-9-12(13)10(16(3)14-9)8-15(2)7-5-6-11(17)18/h4-8H2,1-3H3,(H,17,18). The van der Waals surface area contributed by atoms with Gasteiger partial charge in [0.05, 0.1) is 16.4 Å². The molecular weight excluding hydrogens is 254 g/mol. The van der Waals surface area contributed by atoms with E-state index in [0.717, 1.165) is 29.4 Å². The topological polar surface area (TPSA) is 58.4 Å². The molecular formula is C12H20ClN3O2. The van der Waals surface area contributed by atoms with Crippen LogP contribution in [0.15, 0.2) is 0 Å². The Morgan fingerprint density at radius 3 is 2.72 bits per heavy atom. The Labute approximate surface area is 112 Å². The average molecular weight is 274 g/mol. The molecule has 0 saturated carbocycles. The number of aryl methyl sites for hydroxylation is 2.